The van der Waals surface area contributed by atoms with Gasteiger partial charge in [-0.05, 0) is 43.7 Å². The van der Waals surface area contributed by atoms with E-state index in [1.807, 2.05) is 50.4 Å². The van der Waals surface area contributed by atoms with Gasteiger partial charge in [-0.2, -0.15) is 0 Å². The average molecular weight is 450 g/mol. The minimum absolute atomic E-state index is 0.283. The molecule has 0 saturated carbocycles. The normalized spacial score (nSPS) is 12.0. The molecule has 6 nitrogen and oxygen atoms in total. The molecule has 2 amide bonds. The zero-order valence-electron chi connectivity index (χ0n) is 17.9. The molecule has 1 atom stereocenters. The molecule has 164 valence electrons. The van der Waals surface area contributed by atoms with Gasteiger partial charge in [0, 0.05) is 35.6 Å². The van der Waals surface area contributed by atoms with E-state index in [9.17, 15) is 9.59 Å². The summed E-state index contributed by atoms with van der Waals surface area (Å²) in [5.74, 6) is 0.866. The van der Waals surface area contributed by atoms with Crippen molar-refractivity contribution in [2.24, 2.45) is 0 Å². The molecule has 0 aliphatic rings. The number of aromatic amines is 1. The number of para-hydroxylation sites is 1. The van der Waals surface area contributed by atoms with Crippen molar-refractivity contribution >= 4 is 34.3 Å². The van der Waals surface area contributed by atoms with Crippen LogP contribution in [0.4, 0.5) is 0 Å². The van der Waals surface area contributed by atoms with Gasteiger partial charge < -0.3 is 20.0 Å². The first kappa shape index (κ1) is 21.7. The third kappa shape index (κ3) is 4.70. The molecule has 0 aliphatic carbocycles. The summed E-state index contributed by atoms with van der Waals surface area (Å²) in [5, 5.41) is 7.14. The van der Waals surface area contributed by atoms with Crippen LogP contribution in [0.5, 0.6) is 0 Å². The monoisotopic (exact) mass is 449 g/mol. The van der Waals surface area contributed by atoms with Gasteiger partial charge in [0.05, 0.1) is 10.6 Å². The molecule has 0 aliphatic heterocycles. The first-order valence-corrected chi connectivity index (χ1v) is 10.7. The first-order chi connectivity index (χ1) is 15.4. The van der Waals surface area contributed by atoms with E-state index >= 15 is 0 Å². The van der Waals surface area contributed by atoms with Crippen molar-refractivity contribution < 1.29 is 14.0 Å². The molecular weight excluding hydrogens is 426 g/mol. The highest BCUT2D eigenvalue weighted by Crippen LogP contribution is 2.20. The van der Waals surface area contributed by atoms with Crippen molar-refractivity contribution in [1.29, 1.82) is 0 Å². The molecular formula is C25H24ClN3O3. The Kier molecular flexibility index (Phi) is 6.32. The third-order valence-electron chi connectivity index (χ3n) is 5.44. The number of furan rings is 1. The summed E-state index contributed by atoms with van der Waals surface area (Å²) < 4.78 is 5.54. The smallest absolute Gasteiger partial charge is 0.253 e. The third-order valence-corrected chi connectivity index (χ3v) is 5.77. The van der Waals surface area contributed by atoms with E-state index in [0.717, 1.165) is 33.6 Å². The molecule has 1 unspecified atom stereocenters. The second-order valence-electron chi connectivity index (χ2n) is 7.73. The predicted molar refractivity (Wildman–Crippen MR) is 125 cm³/mol. The molecule has 2 heterocycles. The van der Waals surface area contributed by atoms with E-state index in [1.54, 1.807) is 24.3 Å². The summed E-state index contributed by atoms with van der Waals surface area (Å²) >= 11 is 6.19. The van der Waals surface area contributed by atoms with E-state index < -0.39 is 11.9 Å². The van der Waals surface area contributed by atoms with Gasteiger partial charge in [-0.25, -0.2) is 0 Å². The topological polar surface area (TPSA) is 87.1 Å². The number of hydrogen-bond donors (Lipinski definition) is 3. The first-order valence-electron chi connectivity index (χ1n) is 10.4. The highest BCUT2D eigenvalue weighted by molar-refractivity contribution is 6.33. The maximum absolute atomic E-state index is 13.1. The van der Waals surface area contributed by atoms with Gasteiger partial charge >= 0.3 is 0 Å². The Balaban J connectivity index is 1.56. The summed E-state index contributed by atoms with van der Waals surface area (Å²) in [5.41, 5.74) is 3.14. The summed E-state index contributed by atoms with van der Waals surface area (Å²) in [6, 6.07) is 15.7. The maximum atomic E-state index is 13.1. The van der Waals surface area contributed by atoms with Crippen LogP contribution in [0.3, 0.4) is 0 Å². The molecule has 3 N–H and O–H groups in total. The van der Waals surface area contributed by atoms with Gasteiger partial charge in [0.15, 0.2) is 0 Å². The van der Waals surface area contributed by atoms with Crippen LogP contribution in [0.2, 0.25) is 5.02 Å². The lowest BCUT2D eigenvalue weighted by Gasteiger charge is -2.19. The molecule has 4 aromatic rings. The average Bonchev–Trinajstić information content (AvgIpc) is 3.33. The SMILES string of the molecule is Cc1cc(CNC(=O)C(Cc2c[nH]c3ccccc23)NC(=O)c2ccccc2Cl)c(C)o1. The molecule has 32 heavy (non-hydrogen) atoms. The van der Waals surface area contributed by atoms with Crippen LogP contribution < -0.4 is 10.6 Å². The van der Waals surface area contributed by atoms with E-state index in [4.69, 9.17) is 16.0 Å². The Morgan fingerprint density at radius 3 is 2.56 bits per heavy atom. The number of halogens is 1. The zero-order valence-corrected chi connectivity index (χ0v) is 18.6. The Labute approximate surface area is 191 Å². The molecule has 0 radical (unpaired) electrons. The number of H-pyrrole nitrogens is 1. The fraction of sp³-hybridized carbons (Fsp3) is 0.200. The van der Waals surface area contributed by atoms with E-state index in [0.29, 0.717) is 23.6 Å². The van der Waals surface area contributed by atoms with Crippen LogP contribution in [0.15, 0.2) is 65.2 Å². The molecule has 0 bridgehead atoms. The van der Waals surface area contributed by atoms with E-state index in [1.165, 1.54) is 0 Å². The van der Waals surface area contributed by atoms with Crippen molar-refractivity contribution in [2.45, 2.75) is 32.9 Å². The molecule has 0 saturated heterocycles. The summed E-state index contributed by atoms with van der Waals surface area (Å²) in [4.78, 5) is 29.3. The van der Waals surface area contributed by atoms with Crippen LogP contribution in [0.25, 0.3) is 10.9 Å². The number of fused-ring (bicyclic) bond motifs is 1. The summed E-state index contributed by atoms with van der Waals surface area (Å²) in [6.45, 7) is 4.04. The number of benzene rings is 2. The number of nitrogens with one attached hydrogen (secondary N) is 3. The van der Waals surface area contributed by atoms with Crippen molar-refractivity contribution in [3.8, 4) is 0 Å². The zero-order chi connectivity index (χ0) is 22.7. The maximum Gasteiger partial charge on any atom is 0.253 e. The van der Waals surface area contributed by atoms with Crippen LogP contribution >= 0.6 is 11.6 Å². The second-order valence-corrected chi connectivity index (χ2v) is 8.13. The quantitative estimate of drug-likeness (QED) is 0.382. The molecule has 2 aromatic heterocycles. The van der Waals surface area contributed by atoms with Crippen LogP contribution in [-0.4, -0.2) is 22.8 Å². The number of carbonyl (C=O) groups excluding carboxylic acids is 2. The van der Waals surface area contributed by atoms with Gasteiger partial charge in [0.25, 0.3) is 5.91 Å². The molecule has 7 heteroatoms. The minimum Gasteiger partial charge on any atom is -0.466 e. The van der Waals surface area contributed by atoms with Crippen molar-refractivity contribution in [3.63, 3.8) is 0 Å². The van der Waals surface area contributed by atoms with Gasteiger partial charge in [-0.3, -0.25) is 9.59 Å². The molecule has 0 spiro atoms. The number of amides is 2. The Bertz CT molecular complexity index is 1270. The van der Waals surface area contributed by atoms with Gasteiger partial charge in [0.2, 0.25) is 5.91 Å². The number of hydrogen-bond acceptors (Lipinski definition) is 3. The lowest BCUT2D eigenvalue weighted by molar-refractivity contribution is -0.123. The Hall–Kier alpha value is -3.51. The standard InChI is InChI=1S/C25H24ClN3O3/c1-15-11-17(16(2)32-15)13-28-25(31)23(29-24(30)20-8-3-5-9-21(20)26)12-18-14-27-22-10-6-4-7-19(18)22/h3-11,14,23,27H,12-13H2,1-2H3,(H,28,31)(H,29,30). The number of carbonyl (C=O) groups is 2. The Morgan fingerprint density at radius 1 is 1.06 bits per heavy atom. The predicted octanol–water partition coefficient (Wildman–Crippen LogP) is 4.69. The van der Waals surface area contributed by atoms with Gasteiger partial charge in [0.1, 0.15) is 17.6 Å². The number of aromatic nitrogens is 1. The lowest BCUT2D eigenvalue weighted by Crippen LogP contribution is -2.47. The number of rotatable bonds is 7. The van der Waals surface area contributed by atoms with Gasteiger partial charge in [-0.1, -0.05) is 41.9 Å². The van der Waals surface area contributed by atoms with Crippen LogP contribution in [-0.2, 0) is 17.8 Å². The van der Waals surface area contributed by atoms with Crippen LogP contribution in [0, 0.1) is 13.8 Å². The second kappa shape index (κ2) is 9.32. The number of aryl methyl sites for hydroxylation is 2. The fourth-order valence-electron chi connectivity index (χ4n) is 3.78. The van der Waals surface area contributed by atoms with Crippen molar-refractivity contribution in [3.05, 3.63) is 94.0 Å². The lowest BCUT2D eigenvalue weighted by atomic mass is 10.0. The molecule has 0 fully saturated rings. The minimum atomic E-state index is -0.786. The summed E-state index contributed by atoms with van der Waals surface area (Å²) in [7, 11) is 0. The van der Waals surface area contributed by atoms with E-state index in [2.05, 4.69) is 15.6 Å². The Morgan fingerprint density at radius 2 is 1.81 bits per heavy atom. The van der Waals surface area contributed by atoms with Crippen LogP contribution in [0.1, 0.15) is 33.0 Å². The van der Waals surface area contributed by atoms with Crippen molar-refractivity contribution in [1.82, 2.24) is 15.6 Å². The largest absolute Gasteiger partial charge is 0.466 e. The van der Waals surface area contributed by atoms with Gasteiger partial charge in [-0.15, -0.1) is 0 Å². The molecule has 2 aromatic carbocycles. The van der Waals surface area contributed by atoms with E-state index in [-0.39, 0.29) is 5.91 Å². The summed E-state index contributed by atoms with van der Waals surface area (Å²) in [6.07, 6.45) is 2.20. The van der Waals surface area contributed by atoms with Crippen molar-refractivity contribution in [2.75, 3.05) is 0 Å². The highest BCUT2D eigenvalue weighted by Gasteiger charge is 2.24. The fourth-order valence-corrected chi connectivity index (χ4v) is 4.00. The highest BCUT2D eigenvalue weighted by atomic mass is 35.5. The molecule has 4 rings (SSSR count).